The molecule has 0 saturated carbocycles. The highest BCUT2D eigenvalue weighted by molar-refractivity contribution is 5.48. The molecule has 1 saturated heterocycles. The molecule has 1 aliphatic carbocycles. The average molecular weight is 267 g/mol. The third-order valence-corrected chi connectivity index (χ3v) is 4.98. The Morgan fingerprint density at radius 2 is 2.00 bits per heavy atom. The third-order valence-electron chi connectivity index (χ3n) is 4.98. The summed E-state index contributed by atoms with van der Waals surface area (Å²) in [5.41, 5.74) is 2.62. The number of allylic oxidation sites excluding steroid dienone is 1. The zero-order valence-corrected chi connectivity index (χ0v) is 12.7. The topological polar surface area (TPSA) is 36.3 Å². The van der Waals surface area contributed by atoms with E-state index in [-0.39, 0.29) is 16.6 Å². The molecule has 2 atom stereocenters. The van der Waals surface area contributed by atoms with Crippen LogP contribution in [0.15, 0.2) is 30.4 Å². The highest BCUT2D eigenvalue weighted by atomic mass is 16.6. The quantitative estimate of drug-likeness (QED) is 0.597. The van der Waals surface area contributed by atoms with Crippen LogP contribution < -0.4 is 0 Å². The van der Waals surface area contributed by atoms with Crippen molar-refractivity contribution in [1.82, 2.24) is 0 Å². The van der Waals surface area contributed by atoms with Crippen LogP contribution in [0, 0.1) is 16.7 Å². The lowest BCUT2D eigenvalue weighted by molar-refractivity contribution is 0.139. The first-order valence-corrected chi connectivity index (χ1v) is 7.31. The zero-order chi connectivity index (χ0) is 14.6. The number of nitriles is 1. The van der Waals surface area contributed by atoms with Crippen LogP contribution in [0.2, 0.25) is 0 Å². The first kappa shape index (κ1) is 13.4. The van der Waals surface area contributed by atoms with E-state index < -0.39 is 0 Å². The Kier molecular flexibility index (Phi) is 2.65. The van der Waals surface area contributed by atoms with Crippen LogP contribution in [-0.2, 0) is 16.8 Å². The monoisotopic (exact) mass is 267 g/mol. The van der Waals surface area contributed by atoms with E-state index in [4.69, 9.17) is 4.74 Å². The number of nitrogens with zero attached hydrogens (tertiary/aromatic N) is 1. The number of epoxide rings is 1. The fourth-order valence-corrected chi connectivity index (χ4v) is 3.88. The van der Waals surface area contributed by atoms with Crippen molar-refractivity contribution in [2.24, 2.45) is 5.41 Å². The predicted molar refractivity (Wildman–Crippen MR) is 79.2 cm³/mol. The van der Waals surface area contributed by atoms with Crippen molar-refractivity contribution in [3.05, 3.63) is 47.0 Å². The molecule has 1 aromatic rings. The van der Waals surface area contributed by atoms with Crippen LogP contribution in [0.5, 0.6) is 0 Å². The highest BCUT2D eigenvalue weighted by Crippen LogP contribution is 2.68. The van der Waals surface area contributed by atoms with E-state index in [2.05, 4.69) is 52.0 Å². The van der Waals surface area contributed by atoms with Crippen molar-refractivity contribution in [3.8, 4) is 6.07 Å². The van der Waals surface area contributed by atoms with Crippen molar-refractivity contribution in [2.45, 2.75) is 51.7 Å². The van der Waals surface area contributed by atoms with Crippen LogP contribution in [0.4, 0.5) is 0 Å². The lowest BCUT2D eigenvalue weighted by Crippen LogP contribution is -2.38. The van der Waals surface area contributed by atoms with Gasteiger partial charge in [-0.15, -0.1) is 0 Å². The summed E-state index contributed by atoms with van der Waals surface area (Å²) in [7, 11) is 0. The molecule has 0 amide bonds. The van der Waals surface area contributed by atoms with Gasteiger partial charge in [-0.2, -0.15) is 5.26 Å². The molecular formula is C18H21NO. The van der Waals surface area contributed by atoms with Gasteiger partial charge in [-0.25, -0.2) is 0 Å². The molecule has 0 spiro atoms. The fourth-order valence-electron chi connectivity index (χ4n) is 3.88. The minimum Gasteiger partial charge on any atom is -0.353 e. The summed E-state index contributed by atoms with van der Waals surface area (Å²) in [6.45, 7) is 8.78. The van der Waals surface area contributed by atoms with Gasteiger partial charge >= 0.3 is 0 Å². The molecule has 0 aromatic heterocycles. The smallest absolute Gasteiger partial charge is 0.132 e. The molecule has 2 heteroatoms. The summed E-state index contributed by atoms with van der Waals surface area (Å²) >= 11 is 0. The van der Waals surface area contributed by atoms with Gasteiger partial charge in [-0.1, -0.05) is 39.0 Å². The predicted octanol–water partition coefficient (Wildman–Crippen LogP) is 4.09. The van der Waals surface area contributed by atoms with Crippen LogP contribution >= 0.6 is 0 Å². The summed E-state index contributed by atoms with van der Waals surface area (Å²) in [6.07, 6.45) is 6.34. The first-order valence-electron chi connectivity index (χ1n) is 7.31. The van der Waals surface area contributed by atoms with Crippen molar-refractivity contribution in [2.75, 3.05) is 0 Å². The molecular weight excluding hydrogens is 246 g/mol. The second-order valence-electron chi connectivity index (χ2n) is 6.76. The normalized spacial score (nSPS) is 33.4. The first-order chi connectivity index (χ1) is 9.38. The molecule has 20 heavy (non-hydrogen) atoms. The maximum atomic E-state index is 9.27. The standard InChI is InChI=1S/C18H21NO/c1-5-13-9-14(12-19)11-15(10-13)18-16(2,3)7-6-8-17(18,4)20-18/h6,8-11H,5,7H2,1-4H3. The number of ether oxygens (including phenoxy) is 1. The minimum absolute atomic E-state index is 0.0373. The minimum atomic E-state index is -0.286. The van der Waals surface area contributed by atoms with Gasteiger partial charge in [-0.3, -0.25) is 0 Å². The van der Waals surface area contributed by atoms with E-state index in [1.54, 1.807) is 0 Å². The number of rotatable bonds is 2. The molecule has 2 aliphatic rings. The SMILES string of the molecule is CCc1cc(C#N)cc(C23OC2(C)C=CCC3(C)C)c1. The number of hydrogen-bond donors (Lipinski definition) is 0. The van der Waals surface area contributed by atoms with Gasteiger partial charge in [0.15, 0.2) is 0 Å². The number of fused-ring (bicyclic) bond motifs is 1. The van der Waals surface area contributed by atoms with Gasteiger partial charge in [0.2, 0.25) is 0 Å². The van der Waals surface area contributed by atoms with E-state index in [9.17, 15) is 5.26 Å². The Morgan fingerprint density at radius 1 is 1.25 bits per heavy atom. The van der Waals surface area contributed by atoms with Gasteiger partial charge in [0.25, 0.3) is 0 Å². The van der Waals surface area contributed by atoms with E-state index >= 15 is 0 Å². The van der Waals surface area contributed by atoms with Gasteiger partial charge in [-0.05, 0) is 43.0 Å². The largest absolute Gasteiger partial charge is 0.353 e. The second-order valence-corrected chi connectivity index (χ2v) is 6.76. The molecule has 1 aliphatic heterocycles. The Morgan fingerprint density at radius 3 is 2.60 bits per heavy atom. The molecule has 2 nitrogen and oxygen atoms in total. The maximum Gasteiger partial charge on any atom is 0.132 e. The number of benzene rings is 1. The molecule has 3 rings (SSSR count). The van der Waals surface area contributed by atoms with Crippen LogP contribution in [0.25, 0.3) is 0 Å². The van der Waals surface area contributed by atoms with Crippen molar-refractivity contribution in [3.63, 3.8) is 0 Å². The zero-order valence-electron chi connectivity index (χ0n) is 12.7. The average Bonchev–Trinajstić information content (AvgIpc) is 3.07. The third kappa shape index (κ3) is 1.53. The van der Waals surface area contributed by atoms with Crippen LogP contribution in [0.3, 0.4) is 0 Å². The molecule has 0 bridgehead atoms. The maximum absolute atomic E-state index is 9.27. The van der Waals surface area contributed by atoms with Gasteiger partial charge < -0.3 is 4.74 Å². The fraction of sp³-hybridized carbons (Fsp3) is 0.500. The van der Waals surface area contributed by atoms with E-state index in [1.807, 2.05) is 12.1 Å². The van der Waals surface area contributed by atoms with Crippen LogP contribution in [0.1, 0.15) is 50.8 Å². The molecule has 2 unspecified atom stereocenters. The van der Waals surface area contributed by atoms with Crippen molar-refractivity contribution in [1.29, 1.82) is 5.26 Å². The van der Waals surface area contributed by atoms with Gasteiger partial charge in [0.05, 0.1) is 11.6 Å². The van der Waals surface area contributed by atoms with Crippen LogP contribution in [-0.4, -0.2) is 5.60 Å². The molecule has 0 radical (unpaired) electrons. The molecule has 1 fully saturated rings. The highest BCUT2D eigenvalue weighted by Gasteiger charge is 2.74. The lowest BCUT2D eigenvalue weighted by atomic mass is 9.64. The van der Waals surface area contributed by atoms with Crippen molar-refractivity contribution >= 4 is 0 Å². The summed E-state index contributed by atoms with van der Waals surface area (Å²) in [5, 5.41) is 9.27. The van der Waals surface area contributed by atoms with Crippen molar-refractivity contribution < 1.29 is 4.74 Å². The summed E-state index contributed by atoms with van der Waals surface area (Å²) in [4.78, 5) is 0. The Balaban J connectivity index is 2.19. The summed E-state index contributed by atoms with van der Waals surface area (Å²) in [6, 6.07) is 8.48. The second kappa shape index (κ2) is 3.96. The Labute approximate surface area is 121 Å². The van der Waals surface area contributed by atoms with Gasteiger partial charge in [0, 0.05) is 5.41 Å². The lowest BCUT2D eigenvalue weighted by Gasteiger charge is -2.36. The van der Waals surface area contributed by atoms with E-state index in [1.165, 1.54) is 5.56 Å². The molecule has 1 heterocycles. The molecule has 1 aromatic carbocycles. The van der Waals surface area contributed by atoms with E-state index in [0.717, 1.165) is 24.0 Å². The number of hydrogen-bond acceptors (Lipinski definition) is 2. The Bertz CT molecular complexity index is 637. The van der Waals surface area contributed by atoms with E-state index in [0.29, 0.717) is 0 Å². The summed E-state index contributed by atoms with van der Waals surface area (Å²) < 4.78 is 6.26. The number of aryl methyl sites for hydroxylation is 1. The molecule has 0 N–H and O–H groups in total. The Hall–Kier alpha value is -1.59. The van der Waals surface area contributed by atoms with Gasteiger partial charge in [0.1, 0.15) is 11.2 Å². The summed E-state index contributed by atoms with van der Waals surface area (Å²) in [5.74, 6) is 0. The molecule has 104 valence electrons.